The van der Waals surface area contributed by atoms with Crippen LogP contribution in [0.2, 0.25) is 0 Å². The molecule has 128 valence electrons. The summed E-state index contributed by atoms with van der Waals surface area (Å²) in [5.41, 5.74) is 5.26. The first kappa shape index (κ1) is 19.7. The van der Waals surface area contributed by atoms with Crippen molar-refractivity contribution in [1.82, 2.24) is 4.98 Å². The maximum absolute atomic E-state index is 12.3. The summed E-state index contributed by atoms with van der Waals surface area (Å²) in [6, 6.07) is 0. The molecule has 0 spiro atoms. The monoisotopic (exact) mass is 381 g/mol. The van der Waals surface area contributed by atoms with Crippen molar-refractivity contribution in [2.75, 3.05) is 18.9 Å². The van der Waals surface area contributed by atoms with E-state index in [0.29, 0.717) is 0 Å². The quantitative estimate of drug-likeness (QED) is 0.311. The number of aromatic nitrogens is 1. The largest absolute Gasteiger partial charge is 0.386 e. The third kappa shape index (κ3) is 6.32. The van der Waals surface area contributed by atoms with Crippen LogP contribution < -0.4 is 5.73 Å². The van der Waals surface area contributed by atoms with Crippen LogP contribution in [-0.4, -0.2) is 35.8 Å². The average Bonchev–Trinajstić information content (AvgIpc) is 2.85. The van der Waals surface area contributed by atoms with Gasteiger partial charge in [-0.2, -0.15) is 0 Å². The molecular formula is C11H16N3O6PS2. The number of nitrogens with two attached hydrogens (primary N) is 1. The van der Waals surface area contributed by atoms with Crippen LogP contribution in [0.15, 0.2) is 10.5 Å². The van der Waals surface area contributed by atoms with Gasteiger partial charge in [0.25, 0.3) is 0 Å². The Balaban J connectivity index is 3.06. The van der Waals surface area contributed by atoms with Crippen molar-refractivity contribution in [2.24, 2.45) is 5.16 Å². The van der Waals surface area contributed by atoms with Crippen LogP contribution in [0, 0.1) is 0 Å². The Kier molecular flexibility index (Phi) is 7.73. The second-order valence-corrected chi connectivity index (χ2v) is 7.58. The minimum Gasteiger partial charge on any atom is -0.386 e. The molecule has 0 amide bonds. The maximum Gasteiger partial charge on any atom is 0.383 e. The normalized spacial score (nSPS) is 12.0. The predicted octanol–water partition coefficient (Wildman–Crippen LogP) is 1.83. The summed E-state index contributed by atoms with van der Waals surface area (Å²) in [5.74, 6) is -1.70. The minimum absolute atomic E-state index is 0.0910. The van der Waals surface area contributed by atoms with Crippen LogP contribution in [0.3, 0.4) is 0 Å². The zero-order chi connectivity index (χ0) is 17.5. The van der Waals surface area contributed by atoms with Crippen LogP contribution in [0.25, 0.3) is 0 Å². The number of carbonyl (C=O) groups is 2. The Bertz CT molecular complexity index is 637. The zero-order valence-electron chi connectivity index (χ0n) is 12.7. The molecule has 0 unspecified atom stereocenters. The number of rotatable bonds is 8. The van der Waals surface area contributed by atoms with E-state index >= 15 is 0 Å². The molecule has 0 bridgehead atoms. The highest BCUT2D eigenvalue weighted by Gasteiger charge is 2.30. The molecule has 9 nitrogen and oxygen atoms in total. The van der Waals surface area contributed by atoms with Crippen molar-refractivity contribution in [3.63, 3.8) is 0 Å². The molecule has 0 saturated heterocycles. The molecule has 1 rings (SSSR count). The Morgan fingerprint density at radius 2 is 2.00 bits per heavy atom. The van der Waals surface area contributed by atoms with Crippen LogP contribution in [-0.2, 0) is 39.8 Å². The van der Waals surface area contributed by atoms with Crippen LogP contribution >= 0.6 is 18.1 Å². The van der Waals surface area contributed by atoms with Gasteiger partial charge in [0.2, 0.25) is 5.71 Å². The highest BCUT2D eigenvalue weighted by molar-refractivity contribution is 8.07. The second-order valence-electron chi connectivity index (χ2n) is 3.76. The Hall–Kier alpha value is -1.39. The van der Waals surface area contributed by atoms with E-state index in [1.807, 2.05) is 0 Å². The van der Waals surface area contributed by atoms with E-state index in [-0.39, 0.29) is 29.8 Å². The lowest BCUT2D eigenvalue weighted by molar-refractivity contribution is -0.141. The van der Waals surface area contributed by atoms with Crippen molar-refractivity contribution in [2.45, 2.75) is 20.8 Å². The standard InChI is InChI=1S/C11H16N3O6PS2/c1-4-17-21(22,18-5-2)20-10(16)9(14-19-7(3)15)8-6-23-11(12)13-8/h6H,4-5H2,1-3H3,(H2,12,13)/b14-9-. The predicted molar refractivity (Wildman–Crippen MR) is 88.5 cm³/mol. The van der Waals surface area contributed by atoms with E-state index < -0.39 is 18.7 Å². The lowest BCUT2D eigenvalue weighted by atomic mass is 10.3. The summed E-state index contributed by atoms with van der Waals surface area (Å²) in [6.45, 7) is 1.61. The smallest absolute Gasteiger partial charge is 0.383 e. The first-order valence-corrected chi connectivity index (χ1v) is 9.84. The van der Waals surface area contributed by atoms with Crippen molar-refractivity contribution in [1.29, 1.82) is 0 Å². The van der Waals surface area contributed by atoms with Gasteiger partial charge in [-0.1, -0.05) is 5.16 Å². The molecule has 0 fully saturated rings. The minimum atomic E-state index is -3.28. The van der Waals surface area contributed by atoms with E-state index in [1.54, 1.807) is 13.8 Å². The molecule has 23 heavy (non-hydrogen) atoms. The molecule has 1 aromatic heterocycles. The van der Waals surface area contributed by atoms with Gasteiger partial charge in [-0.3, -0.25) is 9.05 Å². The fourth-order valence-corrected chi connectivity index (χ4v) is 3.73. The number of hydrogen-bond donors (Lipinski definition) is 1. The summed E-state index contributed by atoms with van der Waals surface area (Å²) in [7, 11) is 0. The number of carbonyl (C=O) groups excluding carboxylic acids is 2. The molecule has 12 heteroatoms. The molecule has 0 aliphatic rings. The van der Waals surface area contributed by atoms with Crippen LogP contribution in [0.4, 0.5) is 5.13 Å². The number of nitrogen functional groups attached to an aromatic ring is 1. The topological polar surface area (TPSA) is 122 Å². The number of nitrogens with zero attached hydrogens (tertiary/aromatic N) is 2. The van der Waals surface area contributed by atoms with E-state index in [1.165, 1.54) is 5.38 Å². The first-order valence-electron chi connectivity index (χ1n) is 6.41. The highest BCUT2D eigenvalue weighted by atomic mass is 32.5. The van der Waals surface area contributed by atoms with Crippen LogP contribution in [0.5, 0.6) is 0 Å². The molecule has 0 aliphatic heterocycles. The summed E-state index contributed by atoms with van der Waals surface area (Å²) < 4.78 is 15.5. The van der Waals surface area contributed by atoms with Crippen LogP contribution in [0.1, 0.15) is 26.5 Å². The number of thiazole rings is 1. The van der Waals surface area contributed by atoms with Crippen molar-refractivity contribution >= 4 is 52.6 Å². The molecule has 1 heterocycles. The van der Waals surface area contributed by atoms with Gasteiger partial charge in [-0.25, -0.2) is 14.6 Å². The lowest BCUT2D eigenvalue weighted by Crippen LogP contribution is -2.20. The number of anilines is 1. The fourth-order valence-electron chi connectivity index (χ4n) is 1.25. The van der Waals surface area contributed by atoms with Gasteiger partial charge >= 0.3 is 18.7 Å². The molecule has 1 aromatic rings. The van der Waals surface area contributed by atoms with E-state index in [9.17, 15) is 9.59 Å². The molecular weight excluding hydrogens is 365 g/mol. The molecule has 2 N–H and O–H groups in total. The summed E-state index contributed by atoms with van der Waals surface area (Å²) in [5, 5.41) is 5.12. The fraction of sp³-hybridized carbons (Fsp3) is 0.455. The lowest BCUT2D eigenvalue weighted by Gasteiger charge is -2.19. The average molecular weight is 381 g/mol. The van der Waals surface area contributed by atoms with Gasteiger partial charge < -0.3 is 15.1 Å². The first-order chi connectivity index (χ1) is 10.8. The summed E-state index contributed by atoms with van der Waals surface area (Å²) >= 11 is 6.19. The molecule has 0 aromatic carbocycles. The van der Waals surface area contributed by atoms with Gasteiger partial charge in [0.15, 0.2) is 5.13 Å². The third-order valence-corrected chi connectivity index (χ3v) is 5.06. The third-order valence-electron chi connectivity index (χ3n) is 1.99. The van der Waals surface area contributed by atoms with E-state index in [4.69, 9.17) is 31.1 Å². The highest BCUT2D eigenvalue weighted by Crippen LogP contribution is 2.50. The maximum atomic E-state index is 12.3. The Morgan fingerprint density at radius 1 is 1.39 bits per heavy atom. The van der Waals surface area contributed by atoms with E-state index in [2.05, 4.69) is 15.0 Å². The van der Waals surface area contributed by atoms with Crippen molar-refractivity contribution < 1.29 is 28.0 Å². The van der Waals surface area contributed by atoms with Gasteiger partial charge in [-0.15, -0.1) is 11.3 Å². The molecule has 0 atom stereocenters. The molecule has 0 saturated carbocycles. The van der Waals surface area contributed by atoms with Gasteiger partial charge in [0, 0.05) is 24.1 Å². The van der Waals surface area contributed by atoms with Gasteiger partial charge in [0.05, 0.1) is 13.2 Å². The number of oxime groups is 1. The van der Waals surface area contributed by atoms with Gasteiger partial charge in [0.1, 0.15) is 5.69 Å². The SMILES string of the molecule is CCOP(=S)(OCC)OC(=O)/C(=N\OC(C)=O)c1csc(N)n1. The molecule has 0 radical (unpaired) electrons. The molecule has 0 aliphatic carbocycles. The van der Waals surface area contributed by atoms with Crippen molar-refractivity contribution in [3.05, 3.63) is 11.1 Å². The summed E-state index contributed by atoms with van der Waals surface area (Å²) in [6.07, 6.45) is 0. The van der Waals surface area contributed by atoms with Crippen molar-refractivity contribution in [3.8, 4) is 0 Å². The summed E-state index contributed by atoms with van der Waals surface area (Å²) in [4.78, 5) is 31.6. The zero-order valence-corrected chi connectivity index (χ0v) is 15.2. The number of hydrogen-bond acceptors (Lipinski definition) is 11. The Labute approximate surface area is 142 Å². The van der Waals surface area contributed by atoms with Gasteiger partial charge in [-0.05, 0) is 13.8 Å². The second kappa shape index (κ2) is 9.04. The van der Waals surface area contributed by atoms with E-state index in [0.717, 1.165) is 18.3 Å². The Morgan fingerprint density at radius 3 is 2.43 bits per heavy atom.